The maximum Gasteiger partial charge on any atom is 2.00 e. The number of Topliss-reactive ketones (excluding diaryl/α,β-unsaturated/α-hetero) is 1. The summed E-state index contributed by atoms with van der Waals surface area (Å²) < 4.78 is 5.19. The molecule has 41 heavy (non-hydrogen) atoms. The van der Waals surface area contributed by atoms with Crippen LogP contribution >= 0.6 is 0 Å². The third-order valence-electron chi connectivity index (χ3n) is 9.06. The van der Waals surface area contributed by atoms with Crippen LogP contribution < -0.4 is 9.97 Å². The van der Waals surface area contributed by atoms with Crippen molar-refractivity contribution >= 4 is 45.0 Å². The van der Waals surface area contributed by atoms with Crippen molar-refractivity contribution in [3.63, 3.8) is 0 Å². The van der Waals surface area contributed by atoms with Gasteiger partial charge in [0.25, 0.3) is 0 Å². The number of aromatic nitrogens is 4. The van der Waals surface area contributed by atoms with Gasteiger partial charge < -0.3 is 14.7 Å². The van der Waals surface area contributed by atoms with E-state index in [4.69, 9.17) is 24.7 Å². The van der Waals surface area contributed by atoms with Gasteiger partial charge in [-0.3, -0.25) is 9.78 Å². The zero-order valence-corrected chi connectivity index (χ0v) is 25.5. The molecule has 0 radical (unpaired) electrons. The molecule has 0 amide bonds. The van der Waals surface area contributed by atoms with E-state index in [0.29, 0.717) is 34.1 Å². The minimum Gasteiger partial charge on any atom is -0.657 e. The number of fused-ring (bicyclic) bond motifs is 8. The van der Waals surface area contributed by atoms with Crippen LogP contribution in [0.15, 0.2) is 18.2 Å². The van der Waals surface area contributed by atoms with Gasteiger partial charge in [-0.25, -0.2) is 9.78 Å². The molecule has 3 aromatic heterocycles. The molecule has 0 spiro atoms. The zero-order valence-electron chi connectivity index (χ0n) is 24.5. The van der Waals surface area contributed by atoms with E-state index in [-0.39, 0.29) is 34.1 Å². The summed E-state index contributed by atoms with van der Waals surface area (Å²) in [5.41, 5.74) is 12.2. The second kappa shape index (κ2) is 10.7. The number of hydrogen-bond acceptors (Lipinski definition) is 5. The minimum atomic E-state index is -0.505. The number of hydrogen-bond donors (Lipinski definition) is 0. The Kier molecular flexibility index (Phi) is 7.58. The Morgan fingerprint density at radius 2 is 1.68 bits per heavy atom. The van der Waals surface area contributed by atoms with Gasteiger partial charge in [0.1, 0.15) is 0 Å². The van der Waals surface area contributed by atoms with Gasteiger partial charge in [-0.2, -0.15) is 0 Å². The first-order valence-electron chi connectivity index (χ1n) is 14.2. The molecule has 6 rings (SSSR count). The van der Waals surface area contributed by atoms with E-state index in [2.05, 4.69) is 46.8 Å². The average molecular weight is 593 g/mol. The van der Waals surface area contributed by atoms with Gasteiger partial charge in [-0.05, 0) is 51.2 Å². The van der Waals surface area contributed by atoms with Gasteiger partial charge in [-0.15, -0.1) is 22.1 Å². The Morgan fingerprint density at radius 3 is 2.37 bits per heavy atom. The van der Waals surface area contributed by atoms with Crippen LogP contribution in [0.5, 0.6) is 0 Å². The zero-order chi connectivity index (χ0) is 28.5. The van der Waals surface area contributed by atoms with Crippen LogP contribution in [0.2, 0.25) is 0 Å². The fourth-order valence-electron chi connectivity index (χ4n) is 6.67. The van der Waals surface area contributed by atoms with Gasteiger partial charge in [-0.1, -0.05) is 55.7 Å². The van der Waals surface area contributed by atoms with E-state index in [9.17, 15) is 9.59 Å². The van der Waals surface area contributed by atoms with Crippen LogP contribution in [-0.4, -0.2) is 28.8 Å². The van der Waals surface area contributed by atoms with Crippen molar-refractivity contribution in [3.8, 4) is 0 Å². The molecule has 2 aliphatic heterocycles. The molecule has 0 fully saturated rings. The summed E-state index contributed by atoms with van der Waals surface area (Å²) in [5.74, 6) is -0.357. The number of allylic oxidation sites excluding steroid dienone is 2. The number of nitrogens with zero attached hydrogens (tertiary/aromatic N) is 4. The summed E-state index contributed by atoms with van der Waals surface area (Å²) in [4.78, 5) is 46.7. The average Bonchev–Trinajstić information content (AvgIpc) is 3.61. The Balaban J connectivity index is 0.00000337. The molecule has 0 aromatic carbocycles. The first kappa shape index (κ1) is 29.0. The van der Waals surface area contributed by atoms with Gasteiger partial charge in [0.15, 0.2) is 5.78 Å². The Bertz CT molecular complexity index is 1810. The first-order chi connectivity index (χ1) is 19.2. The molecule has 8 heteroatoms. The van der Waals surface area contributed by atoms with E-state index < -0.39 is 5.97 Å². The topological polar surface area (TPSA) is 97.4 Å². The largest absolute Gasteiger partial charge is 2.00 e. The molecule has 0 unspecified atom stereocenters. The smallest absolute Gasteiger partial charge is 0.657 e. The van der Waals surface area contributed by atoms with E-state index in [1.165, 1.54) is 12.7 Å². The summed E-state index contributed by atoms with van der Waals surface area (Å²) >= 11 is 0. The van der Waals surface area contributed by atoms with Crippen LogP contribution in [0.4, 0.5) is 0 Å². The number of carbonyl (C=O) groups excluding carboxylic acids is 2. The van der Waals surface area contributed by atoms with Crippen molar-refractivity contribution in [2.24, 2.45) is 0 Å². The van der Waals surface area contributed by atoms with Gasteiger partial charge >= 0.3 is 22.5 Å². The number of aryl methyl sites for hydroxylation is 3. The van der Waals surface area contributed by atoms with E-state index in [1.807, 2.05) is 13.0 Å². The van der Waals surface area contributed by atoms with Crippen molar-refractivity contribution in [2.75, 3.05) is 7.11 Å². The molecule has 214 valence electrons. The molecule has 0 saturated heterocycles. The number of ether oxygens (including phenoxy) is 1. The maximum atomic E-state index is 13.5. The summed E-state index contributed by atoms with van der Waals surface area (Å²) in [6.45, 7) is 12.5. The van der Waals surface area contributed by atoms with E-state index in [1.54, 1.807) is 0 Å². The predicted octanol–water partition coefficient (Wildman–Crippen LogP) is 6.74. The molecule has 5 heterocycles. The summed E-state index contributed by atoms with van der Waals surface area (Å²) in [5, 5.41) is 0. The molecule has 0 saturated carbocycles. The number of esters is 1. The fourth-order valence-corrected chi connectivity index (χ4v) is 6.67. The number of carbonyl (C=O) groups is 2. The SMILES string of the molecule is CCC1=C(C)c2cc3[n-]c(cc4nc5c(c6[n-]c(cc1n2)c(C)c6C(=O)OC)C(=O)CC[C@H]5[C@@H]4C)c(C)c3CC.[Ni+2]. The standard InChI is InChI=1S/C33H36N4O3.Ni/c1-8-19-15(3)22-12-24-17(5)21-10-11-28(38)30(31(21)36-24)32-29(33(39)40-7)18(6)25(37-32)14-27-20(9-2)16(4)23(35-27)13-26(19)34-22;/h12-14,17,21H,8-11H2,1-7H3,(H2,34,35,36,37,38,39);/q;+2/p-2/t17-,21-;/m0./s1. The molecule has 7 nitrogen and oxygen atoms in total. The summed E-state index contributed by atoms with van der Waals surface area (Å²) in [6.07, 6.45) is 2.77. The van der Waals surface area contributed by atoms with Crippen molar-refractivity contribution in [1.29, 1.82) is 0 Å². The van der Waals surface area contributed by atoms with Crippen LogP contribution in [0.25, 0.3) is 33.2 Å². The molecular formula is C33H34N4NiO3. The van der Waals surface area contributed by atoms with Crippen molar-refractivity contribution < 1.29 is 30.8 Å². The molecule has 3 aliphatic rings. The second-order valence-electron chi connectivity index (χ2n) is 11.1. The van der Waals surface area contributed by atoms with Gasteiger partial charge in [0.05, 0.1) is 24.2 Å². The van der Waals surface area contributed by atoms with Crippen LogP contribution in [-0.2, 0) is 27.6 Å². The number of ketones is 1. The van der Waals surface area contributed by atoms with Crippen LogP contribution in [0, 0.1) is 13.8 Å². The summed E-state index contributed by atoms with van der Waals surface area (Å²) in [6, 6.07) is 6.11. The fraction of sp³-hybridized carbons (Fsp3) is 0.394. The molecule has 2 atom stereocenters. The van der Waals surface area contributed by atoms with Crippen molar-refractivity contribution in [3.05, 3.63) is 68.8 Å². The molecule has 8 bridgehead atoms. The molecular weight excluding hydrogens is 559 g/mol. The van der Waals surface area contributed by atoms with Crippen molar-refractivity contribution in [1.82, 2.24) is 19.9 Å². The molecule has 3 aromatic rings. The predicted molar refractivity (Wildman–Crippen MR) is 157 cm³/mol. The Labute approximate surface area is 250 Å². The maximum absolute atomic E-state index is 13.5. The van der Waals surface area contributed by atoms with Crippen LogP contribution in [0.3, 0.4) is 0 Å². The third kappa shape index (κ3) is 4.39. The Hall–Kier alpha value is -3.51. The Morgan fingerprint density at radius 1 is 0.976 bits per heavy atom. The van der Waals surface area contributed by atoms with Gasteiger partial charge in [0.2, 0.25) is 0 Å². The second-order valence-corrected chi connectivity index (χ2v) is 11.1. The van der Waals surface area contributed by atoms with Gasteiger partial charge in [0, 0.05) is 35.1 Å². The monoisotopic (exact) mass is 592 g/mol. The number of methoxy groups -OCH3 is 1. The molecule has 1 aliphatic carbocycles. The number of rotatable bonds is 3. The first-order valence-corrected chi connectivity index (χ1v) is 14.2. The molecule has 0 N–H and O–H groups in total. The van der Waals surface area contributed by atoms with E-state index in [0.717, 1.165) is 69.8 Å². The quantitative estimate of drug-likeness (QED) is 0.245. The third-order valence-corrected chi connectivity index (χ3v) is 9.06. The minimum absolute atomic E-state index is 0. The summed E-state index contributed by atoms with van der Waals surface area (Å²) in [7, 11) is 1.36. The van der Waals surface area contributed by atoms with Crippen LogP contribution in [0.1, 0.15) is 119 Å². The normalized spacial score (nSPS) is 18.0. The van der Waals surface area contributed by atoms with Crippen molar-refractivity contribution in [2.45, 2.75) is 79.1 Å². The van der Waals surface area contributed by atoms with E-state index >= 15 is 0 Å².